The minimum absolute atomic E-state index is 0.754. The van der Waals surface area contributed by atoms with Crippen molar-refractivity contribution in [1.29, 1.82) is 0 Å². The average molecular weight is 248 g/mol. The third kappa shape index (κ3) is 1.80. The van der Waals surface area contributed by atoms with Crippen LogP contribution in [0.1, 0.15) is 5.56 Å². The number of halogens is 2. The van der Waals surface area contributed by atoms with Crippen molar-refractivity contribution in [2.45, 2.75) is 0 Å². The molecule has 0 saturated carbocycles. The van der Waals surface area contributed by atoms with Crippen molar-refractivity contribution in [3.05, 3.63) is 39.6 Å². The van der Waals surface area contributed by atoms with Crippen LogP contribution in [0.25, 0.3) is 0 Å². The molecule has 0 aromatic heterocycles. The standard InChI is InChI=1S/C7H4Br2/c1-5-4-6(8)2-3-7(5)9/h1-4H. The topological polar surface area (TPSA) is 0 Å². The van der Waals surface area contributed by atoms with Gasteiger partial charge in [0.1, 0.15) is 0 Å². The minimum atomic E-state index is 0.754. The third-order valence-corrected chi connectivity index (χ3v) is 2.17. The van der Waals surface area contributed by atoms with Crippen molar-refractivity contribution in [1.82, 2.24) is 0 Å². The summed E-state index contributed by atoms with van der Waals surface area (Å²) >= 11 is 6.58. The van der Waals surface area contributed by atoms with E-state index in [0.29, 0.717) is 0 Å². The molecule has 1 aromatic rings. The van der Waals surface area contributed by atoms with E-state index in [1.54, 1.807) is 0 Å². The Labute approximate surface area is 71.5 Å². The maximum absolute atomic E-state index is 5.54. The van der Waals surface area contributed by atoms with E-state index in [9.17, 15) is 0 Å². The SMILES string of the molecule is [CH]c1cc(Br)ccc1Br. The van der Waals surface area contributed by atoms with Crippen LogP contribution in [-0.2, 0) is 0 Å². The van der Waals surface area contributed by atoms with Crippen LogP contribution in [0.3, 0.4) is 0 Å². The molecule has 0 nitrogen and oxygen atoms in total. The van der Waals surface area contributed by atoms with Crippen LogP contribution in [0, 0.1) is 6.92 Å². The summed E-state index contributed by atoms with van der Waals surface area (Å²) in [5.41, 5.74) is 0.754. The normalized spacial score (nSPS) is 9.67. The van der Waals surface area contributed by atoms with E-state index in [-0.39, 0.29) is 0 Å². The molecule has 0 N–H and O–H groups in total. The molecule has 0 unspecified atom stereocenters. The quantitative estimate of drug-likeness (QED) is 0.660. The van der Waals surface area contributed by atoms with Crippen molar-refractivity contribution in [3.8, 4) is 0 Å². The van der Waals surface area contributed by atoms with E-state index in [0.717, 1.165) is 14.5 Å². The van der Waals surface area contributed by atoms with Gasteiger partial charge in [-0.25, -0.2) is 0 Å². The van der Waals surface area contributed by atoms with Crippen molar-refractivity contribution in [2.24, 2.45) is 0 Å². The Morgan fingerprint density at radius 3 is 2.33 bits per heavy atom. The van der Waals surface area contributed by atoms with Crippen LogP contribution in [0.4, 0.5) is 0 Å². The minimum Gasteiger partial charge on any atom is -0.0508 e. The molecule has 0 aliphatic carbocycles. The fraction of sp³-hybridized carbons (Fsp3) is 0. The van der Waals surface area contributed by atoms with Crippen LogP contribution in [0.2, 0.25) is 0 Å². The van der Waals surface area contributed by atoms with Gasteiger partial charge in [0.25, 0.3) is 0 Å². The average Bonchev–Trinajstić information content (AvgIpc) is 1.80. The third-order valence-electron chi connectivity index (χ3n) is 0.958. The molecule has 9 heavy (non-hydrogen) atoms. The summed E-state index contributed by atoms with van der Waals surface area (Å²) in [5, 5.41) is 0. The van der Waals surface area contributed by atoms with E-state index in [1.807, 2.05) is 18.2 Å². The molecule has 0 amide bonds. The Bertz CT molecular complexity index is 218. The van der Waals surface area contributed by atoms with Gasteiger partial charge in [-0.05, 0) is 23.8 Å². The lowest BCUT2D eigenvalue weighted by atomic mass is 10.2. The van der Waals surface area contributed by atoms with Gasteiger partial charge in [-0.15, -0.1) is 0 Å². The first-order valence-electron chi connectivity index (χ1n) is 2.40. The molecule has 0 fully saturated rings. The lowest BCUT2D eigenvalue weighted by Crippen LogP contribution is -1.72. The van der Waals surface area contributed by atoms with E-state index in [4.69, 9.17) is 6.92 Å². The molecular weight excluding hydrogens is 244 g/mol. The number of benzene rings is 1. The largest absolute Gasteiger partial charge is 0.0508 e. The zero-order chi connectivity index (χ0) is 6.85. The van der Waals surface area contributed by atoms with Crippen molar-refractivity contribution in [2.75, 3.05) is 0 Å². The van der Waals surface area contributed by atoms with Gasteiger partial charge >= 0.3 is 0 Å². The van der Waals surface area contributed by atoms with Gasteiger partial charge < -0.3 is 0 Å². The Balaban J connectivity index is 3.17. The molecule has 2 heteroatoms. The van der Waals surface area contributed by atoms with Crippen LogP contribution >= 0.6 is 31.9 Å². The first-order chi connectivity index (χ1) is 4.20. The summed E-state index contributed by atoms with van der Waals surface area (Å²) in [4.78, 5) is 0. The van der Waals surface area contributed by atoms with Gasteiger partial charge in [0.05, 0.1) is 0 Å². The lowest BCUT2D eigenvalue weighted by molar-refractivity contribution is 1.53. The van der Waals surface area contributed by atoms with Gasteiger partial charge in [0.15, 0.2) is 0 Å². The second kappa shape index (κ2) is 2.84. The van der Waals surface area contributed by atoms with E-state index in [2.05, 4.69) is 31.9 Å². The molecule has 2 radical (unpaired) electrons. The summed E-state index contributed by atoms with van der Waals surface area (Å²) < 4.78 is 1.94. The molecule has 0 bridgehead atoms. The highest BCUT2D eigenvalue weighted by molar-refractivity contribution is 9.11. The molecule has 0 saturated heterocycles. The van der Waals surface area contributed by atoms with Crippen LogP contribution in [-0.4, -0.2) is 0 Å². The molecule has 0 heterocycles. The Morgan fingerprint density at radius 2 is 1.89 bits per heavy atom. The zero-order valence-electron chi connectivity index (χ0n) is 4.57. The fourth-order valence-corrected chi connectivity index (χ4v) is 1.14. The van der Waals surface area contributed by atoms with Gasteiger partial charge in [0.2, 0.25) is 0 Å². The van der Waals surface area contributed by atoms with Crippen molar-refractivity contribution >= 4 is 31.9 Å². The predicted octanol–water partition coefficient (Wildman–Crippen LogP) is 3.27. The Morgan fingerprint density at radius 1 is 1.22 bits per heavy atom. The highest BCUT2D eigenvalue weighted by Crippen LogP contribution is 2.19. The van der Waals surface area contributed by atoms with Gasteiger partial charge in [-0.1, -0.05) is 31.9 Å². The maximum Gasteiger partial charge on any atom is 0.0211 e. The molecule has 1 aromatic carbocycles. The molecule has 46 valence electrons. The summed E-state index contributed by atoms with van der Waals surface area (Å²) in [5.74, 6) is 0. The van der Waals surface area contributed by atoms with Crippen LogP contribution < -0.4 is 0 Å². The smallest absolute Gasteiger partial charge is 0.0211 e. The Hall–Kier alpha value is 0.180. The molecule has 1 rings (SSSR count). The van der Waals surface area contributed by atoms with Gasteiger partial charge in [-0.3, -0.25) is 0 Å². The van der Waals surface area contributed by atoms with Crippen molar-refractivity contribution < 1.29 is 0 Å². The van der Waals surface area contributed by atoms with E-state index >= 15 is 0 Å². The number of rotatable bonds is 0. The Kier molecular flexibility index (Phi) is 2.30. The lowest BCUT2D eigenvalue weighted by Gasteiger charge is -1.95. The van der Waals surface area contributed by atoms with E-state index < -0.39 is 0 Å². The molecule has 0 aliphatic rings. The molecule has 0 spiro atoms. The predicted molar refractivity (Wildman–Crippen MR) is 45.2 cm³/mol. The summed E-state index contributed by atoms with van der Waals surface area (Å²) in [6.45, 7) is 5.54. The summed E-state index contributed by atoms with van der Waals surface area (Å²) in [6, 6.07) is 5.68. The van der Waals surface area contributed by atoms with Crippen LogP contribution in [0.15, 0.2) is 27.1 Å². The first kappa shape index (κ1) is 7.29. The summed E-state index contributed by atoms with van der Waals surface area (Å²) in [6.07, 6.45) is 0. The van der Waals surface area contributed by atoms with Crippen LogP contribution in [0.5, 0.6) is 0 Å². The molecule has 0 atom stereocenters. The molecular formula is C7H4Br2. The van der Waals surface area contributed by atoms with Gasteiger partial charge in [0, 0.05) is 15.9 Å². The fourth-order valence-electron chi connectivity index (χ4n) is 0.515. The monoisotopic (exact) mass is 246 g/mol. The highest BCUT2D eigenvalue weighted by atomic mass is 79.9. The van der Waals surface area contributed by atoms with E-state index in [1.165, 1.54) is 0 Å². The highest BCUT2D eigenvalue weighted by Gasteiger charge is 1.92. The first-order valence-corrected chi connectivity index (χ1v) is 3.99. The second-order valence-corrected chi connectivity index (χ2v) is 3.44. The number of hydrogen-bond acceptors (Lipinski definition) is 0. The second-order valence-electron chi connectivity index (χ2n) is 1.67. The maximum atomic E-state index is 5.54. The van der Waals surface area contributed by atoms with Crippen molar-refractivity contribution in [3.63, 3.8) is 0 Å². The molecule has 0 aliphatic heterocycles. The summed E-state index contributed by atoms with van der Waals surface area (Å²) in [7, 11) is 0. The van der Waals surface area contributed by atoms with Gasteiger partial charge in [-0.2, -0.15) is 0 Å². The zero-order valence-corrected chi connectivity index (χ0v) is 7.74. The number of hydrogen-bond donors (Lipinski definition) is 0.